The fourth-order valence-electron chi connectivity index (χ4n) is 1.30. The molecule has 0 unspecified atom stereocenters. The molecule has 6 nitrogen and oxygen atoms in total. The summed E-state index contributed by atoms with van der Waals surface area (Å²) >= 11 is 3.21. The molecule has 106 valence electrons. The molecule has 0 aliphatic heterocycles. The first kappa shape index (κ1) is 16.1. The normalized spacial score (nSPS) is 13.0. The van der Waals surface area contributed by atoms with Crippen LogP contribution in [0.25, 0.3) is 0 Å². The molecule has 0 bridgehead atoms. The smallest absolute Gasteiger partial charge is 0.241 e. The fraction of sp³-hybridized carbons (Fsp3) is 0.364. The van der Waals surface area contributed by atoms with E-state index in [0.717, 1.165) is 4.47 Å². The van der Waals surface area contributed by atoms with E-state index in [4.69, 9.17) is 5.11 Å². The minimum atomic E-state index is -3.74. The molecule has 0 aliphatic carbocycles. The number of sulfonamides is 1. The van der Waals surface area contributed by atoms with Gasteiger partial charge in [-0.25, -0.2) is 8.42 Å². The number of carbonyl (C=O) groups is 1. The lowest BCUT2D eigenvalue weighted by atomic mass is 10.3. The maximum atomic E-state index is 12.0. The second-order valence-electron chi connectivity index (χ2n) is 3.81. The van der Waals surface area contributed by atoms with E-state index in [1.54, 1.807) is 12.1 Å². The van der Waals surface area contributed by atoms with E-state index in [1.807, 2.05) is 0 Å². The number of rotatable bonds is 6. The number of carbonyl (C=O) groups excluding carboxylic acids is 1. The van der Waals surface area contributed by atoms with E-state index in [0.29, 0.717) is 0 Å². The Morgan fingerprint density at radius 2 is 1.95 bits per heavy atom. The molecular formula is C11H15BrN2O4S. The van der Waals surface area contributed by atoms with Gasteiger partial charge in [0, 0.05) is 11.0 Å². The molecule has 0 radical (unpaired) electrons. The van der Waals surface area contributed by atoms with Crippen LogP contribution in [0.2, 0.25) is 0 Å². The minimum Gasteiger partial charge on any atom is -0.395 e. The summed E-state index contributed by atoms with van der Waals surface area (Å²) < 4.78 is 27.0. The van der Waals surface area contributed by atoms with Crippen molar-refractivity contribution in [1.29, 1.82) is 0 Å². The van der Waals surface area contributed by atoms with E-state index in [2.05, 4.69) is 26.0 Å². The van der Waals surface area contributed by atoms with Gasteiger partial charge in [0.25, 0.3) is 0 Å². The molecule has 0 aromatic heterocycles. The van der Waals surface area contributed by atoms with Crippen molar-refractivity contribution in [3.63, 3.8) is 0 Å². The van der Waals surface area contributed by atoms with Gasteiger partial charge in [0.05, 0.1) is 17.5 Å². The number of aliphatic hydroxyl groups excluding tert-OH is 1. The average molecular weight is 351 g/mol. The lowest BCUT2D eigenvalue weighted by Gasteiger charge is -2.14. The Kier molecular flexibility index (Phi) is 5.92. The predicted molar refractivity (Wildman–Crippen MR) is 74.0 cm³/mol. The van der Waals surface area contributed by atoms with Crippen molar-refractivity contribution < 1.29 is 18.3 Å². The van der Waals surface area contributed by atoms with Crippen molar-refractivity contribution in [3.05, 3.63) is 28.7 Å². The van der Waals surface area contributed by atoms with E-state index in [1.165, 1.54) is 19.1 Å². The fourth-order valence-corrected chi connectivity index (χ4v) is 2.77. The van der Waals surface area contributed by atoms with Crippen LogP contribution in [0.5, 0.6) is 0 Å². The summed E-state index contributed by atoms with van der Waals surface area (Å²) in [6.45, 7) is 1.32. The molecule has 0 saturated heterocycles. The van der Waals surface area contributed by atoms with E-state index >= 15 is 0 Å². The molecule has 3 N–H and O–H groups in total. The van der Waals surface area contributed by atoms with Crippen molar-refractivity contribution in [1.82, 2.24) is 10.0 Å². The first-order chi connectivity index (χ1) is 8.86. The third kappa shape index (κ3) is 4.90. The molecule has 1 aromatic rings. The van der Waals surface area contributed by atoms with Gasteiger partial charge in [-0.1, -0.05) is 15.9 Å². The highest BCUT2D eigenvalue weighted by molar-refractivity contribution is 9.10. The lowest BCUT2D eigenvalue weighted by molar-refractivity contribution is -0.122. The largest absolute Gasteiger partial charge is 0.395 e. The summed E-state index contributed by atoms with van der Waals surface area (Å²) in [4.78, 5) is 11.6. The van der Waals surface area contributed by atoms with Gasteiger partial charge in [0.15, 0.2) is 0 Å². The maximum Gasteiger partial charge on any atom is 0.241 e. The summed E-state index contributed by atoms with van der Waals surface area (Å²) in [5.41, 5.74) is 0. The van der Waals surface area contributed by atoms with Crippen LogP contribution in [0.1, 0.15) is 6.92 Å². The molecule has 1 aromatic carbocycles. The Balaban J connectivity index is 2.74. The number of aliphatic hydroxyl groups is 1. The van der Waals surface area contributed by atoms with Crippen molar-refractivity contribution >= 4 is 31.9 Å². The summed E-state index contributed by atoms with van der Waals surface area (Å²) in [6.07, 6.45) is 0. The summed E-state index contributed by atoms with van der Waals surface area (Å²) in [7, 11) is -3.74. The molecule has 1 amide bonds. The number of halogens is 1. The molecule has 0 fully saturated rings. The Bertz CT molecular complexity index is 530. The zero-order valence-corrected chi connectivity index (χ0v) is 12.7. The molecule has 1 atom stereocenters. The molecule has 0 spiro atoms. The topological polar surface area (TPSA) is 95.5 Å². The molecule has 19 heavy (non-hydrogen) atoms. The summed E-state index contributed by atoms with van der Waals surface area (Å²) in [5, 5.41) is 11.0. The van der Waals surface area contributed by atoms with Crippen LogP contribution in [0, 0.1) is 0 Å². The van der Waals surface area contributed by atoms with Gasteiger partial charge in [0.2, 0.25) is 15.9 Å². The van der Waals surface area contributed by atoms with Crippen molar-refractivity contribution in [3.8, 4) is 0 Å². The first-order valence-electron chi connectivity index (χ1n) is 5.53. The highest BCUT2D eigenvalue weighted by Crippen LogP contribution is 2.14. The second-order valence-corrected chi connectivity index (χ2v) is 6.44. The van der Waals surface area contributed by atoms with Gasteiger partial charge in [0.1, 0.15) is 0 Å². The molecular weight excluding hydrogens is 336 g/mol. The minimum absolute atomic E-state index is 0.0810. The van der Waals surface area contributed by atoms with E-state index in [-0.39, 0.29) is 18.0 Å². The van der Waals surface area contributed by atoms with Gasteiger partial charge < -0.3 is 10.4 Å². The Morgan fingerprint density at radius 1 is 1.37 bits per heavy atom. The first-order valence-corrected chi connectivity index (χ1v) is 7.81. The SMILES string of the molecule is C[C@H](NS(=O)(=O)c1ccc(Br)cc1)C(=O)NCCO. The van der Waals surface area contributed by atoms with Crippen molar-refractivity contribution in [2.45, 2.75) is 17.9 Å². The summed E-state index contributed by atoms with van der Waals surface area (Å²) in [5.74, 6) is -0.491. The van der Waals surface area contributed by atoms with Crippen LogP contribution in [0.15, 0.2) is 33.6 Å². The zero-order chi connectivity index (χ0) is 14.5. The third-order valence-corrected chi connectivity index (χ3v) is 4.35. The standard InChI is InChI=1S/C11H15BrN2O4S/c1-8(11(16)13-6-7-15)14-19(17,18)10-4-2-9(12)3-5-10/h2-5,8,14-15H,6-7H2,1H3,(H,13,16)/t8-/m0/s1. The van der Waals surface area contributed by atoms with Gasteiger partial charge >= 0.3 is 0 Å². The van der Waals surface area contributed by atoms with Gasteiger partial charge in [-0.05, 0) is 31.2 Å². The van der Waals surface area contributed by atoms with Crippen LogP contribution in [0.4, 0.5) is 0 Å². The number of benzene rings is 1. The predicted octanol–water partition coefficient (Wildman–Crippen LogP) is 0.224. The van der Waals surface area contributed by atoms with Crippen LogP contribution in [-0.4, -0.2) is 38.6 Å². The summed E-state index contributed by atoms with van der Waals surface area (Å²) in [6, 6.07) is 5.16. The highest BCUT2D eigenvalue weighted by atomic mass is 79.9. The zero-order valence-electron chi connectivity index (χ0n) is 10.3. The van der Waals surface area contributed by atoms with Crippen LogP contribution in [-0.2, 0) is 14.8 Å². The van der Waals surface area contributed by atoms with Crippen LogP contribution < -0.4 is 10.0 Å². The number of amides is 1. The monoisotopic (exact) mass is 350 g/mol. The second kappa shape index (κ2) is 6.99. The molecule has 0 saturated carbocycles. The number of hydrogen-bond acceptors (Lipinski definition) is 4. The van der Waals surface area contributed by atoms with Gasteiger partial charge in [-0.15, -0.1) is 0 Å². The molecule has 0 heterocycles. The maximum absolute atomic E-state index is 12.0. The van der Waals surface area contributed by atoms with Gasteiger partial charge in [-0.2, -0.15) is 4.72 Å². The Morgan fingerprint density at radius 3 is 2.47 bits per heavy atom. The quantitative estimate of drug-likeness (QED) is 0.684. The number of hydrogen-bond donors (Lipinski definition) is 3. The Hall–Kier alpha value is -0.960. The average Bonchev–Trinajstić information content (AvgIpc) is 2.35. The van der Waals surface area contributed by atoms with Crippen molar-refractivity contribution in [2.24, 2.45) is 0 Å². The van der Waals surface area contributed by atoms with E-state index in [9.17, 15) is 13.2 Å². The molecule has 0 aliphatic rings. The lowest BCUT2D eigenvalue weighted by Crippen LogP contribution is -2.45. The van der Waals surface area contributed by atoms with Crippen molar-refractivity contribution in [2.75, 3.05) is 13.2 Å². The van der Waals surface area contributed by atoms with Gasteiger partial charge in [-0.3, -0.25) is 4.79 Å². The number of nitrogens with one attached hydrogen (secondary N) is 2. The third-order valence-electron chi connectivity index (χ3n) is 2.26. The van der Waals surface area contributed by atoms with Crippen LogP contribution >= 0.6 is 15.9 Å². The van der Waals surface area contributed by atoms with E-state index < -0.39 is 22.0 Å². The highest BCUT2D eigenvalue weighted by Gasteiger charge is 2.21. The molecule has 8 heteroatoms. The van der Waals surface area contributed by atoms with Crippen LogP contribution in [0.3, 0.4) is 0 Å². The Labute approximate surface area is 120 Å². The molecule has 1 rings (SSSR count).